The van der Waals surface area contributed by atoms with E-state index in [0.717, 1.165) is 6.42 Å². The first kappa shape index (κ1) is 14.5. The Kier molecular flexibility index (Phi) is 4.20. The predicted octanol–water partition coefficient (Wildman–Crippen LogP) is 0.861. The summed E-state index contributed by atoms with van der Waals surface area (Å²) >= 11 is 0. The summed E-state index contributed by atoms with van der Waals surface area (Å²) in [5, 5.41) is 21.1. The molecule has 1 aliphatic heterocycles. The van der Waals surface area contributed by atoms with Gasteiger partial charge in [-0.1, -0.05) is 13.3 Å². The molecule has 1 heterocycles. The van der Waals surface area contributed by atoms with Gasteiger partial charge in [0.25, 0.3) is 0 Å². The fraction of sp³-hybridized carbons (Fsp3) is 0.923. The smallest absolute Gasteiger partial charge is 0.0919 e. The Labute approximate surface area is 103 Å². The Balaban J connectivity index is 2.81. The number of aliphatic hydroxyl groups excluding tert-OH is 1. The van der Waals surface area contributed by atoms with Crippen LogP contribution in [0.3, 0.4) is 0 Å². The lowest BCUT2D eigenvalue weighted by Crippen LogP contribution is -2.58. The monoisotopic (exact) mass is 243 g/mol. The van der Waals surface area contributed by atoms with E-state index >= 15 is 0 Å². The molecule has 4 heteroatoms. The van der Waals surface area contributed by atoms with E-state index in [1.54, 1.807) is 13.8 Å². The first-order valence-electron chi connectivity index (χ1n) is 6.32. The molecule has 0 radical (unpaired) electrons. The van der Waals surface area contributed by atoms with Gasteiger partial charge in [-0.05, 0) is 40.0 Å². The van der Waals surface area contributed by atoms with Crippen molar-refractivity contribution in [1.82, 2.24) is 0 Å². The van der Waals surface area contributed by atoms with Crippen molar-refractivity contribution in [2.45, 2.75) is 70.7 Å². The Morgan fingerprint density at radius 2 is 2.12 bits per heavy atom. The van der Waals surface area contributed by atoms with Crippen molar-refractivity contribution >= 4 is 5.97 Å². The summed E-state index contributed by atoms with van der Waals surface area (Å²) in [4.78, 5) is 11.0. The SMILES string of the molecule is CCC[C@H](O)[C@@]1(C)CC[C@H](C(=O)[O-])C(C)(C)O1. The van der Waals surface area contributed by atoms with Gasteiger partial charge in [0.15, 0.2) is 0 Å². The van der Waals surface area contributed by atoms with E-state index < -0.39 is 29.2 Å². The Morgan fingerprint density at radius 1 is 1.53 bits per heavy atom. The van der Waals surface area contributed by atoms with E-state index in [1.165, 1.54) is 0 Å². The number of hydrogen-bond acceptors (Lipinski definition) is 4. The molecule has 0 aromatic heterocycles. The van der Waals surface area contributed by atoms with Gasteiger partial charge in [-0.3, -0.25) is 0 Å². The van der Waals surface area contributed by atoms with Gasteiger partial charge in [0, 0.05) is 11.9 Å². The number of hydrogen-bond donors (Lipinski definition) is 1. The van der Waals surface area contributed by atoms with Crippen LogP contribution in [0.4, 0.5) is 0 Å². The number of carboxylic acid groups (broad SMARTS) is 1. The van der Waals surface area contributed by atoms with Crippen molar-refractivity contribution in [1.29, 1.82) is 0 Å². The second-order valence-corrected chi connectivity index (χ2v) is 5.73. The predicted molar refractivity (Wildman–Crippen MR) is 62.2 cm³/mol. The molecule has 0 aliphatic carbocycles. The minimum Gasteiger partial charge on any atom is -0.550 e. The van der Waals surface area contributed by atoms with Crippen LogP contribution in [0.2, 0.25) is 0 Å². The summed E-state index contributed by atoms with van der Waals surface area (Å²) in [7, 11) is 0. The minimum absolute atomic E-state index is 0.493. The highest BCUT2D eigenvalue weighted by Gasteiger charge is 2.47. The molecular formula is C13H23O4-. The fourth-order valence-corrected chi connectivity index (χ4v) is 2.72. The van der Waals surface area contributed by atoms with E-state index in [2.05, 4.69) is 0 Å². The number of carbonyl (C=O) groups is 1. The topological polar surface area (TPSA) is 69.6 Å². The molecule has 1 N–H and O–H groups in total. The maximum absolute atomic E-state index is 11.0. The molecule has 1 saturated heterocycles. The maximum atomic E-state index is 11.0. The fourth-order valence-electron chi connectivity index (χ4n) is 2.72. The van der Waals surface area contributed by atoms with Crippen LogP contribution < -0.4 is 5.11 Å². The largest absolute Gasteiger partial charge is 0.550 e. The summed E-state index contributed by atoms with van der Waals surface area (Å²) in [6.07, 6.45) is 2.05. The molecule has 0 aromatic carbocycles. The van der Waals surface area contributed by atoms with Crippen molar-refractivity contribution in [2.24, 2.45) is 5.92 Å². The second-order valence-electron chi connectivity index (χ2n) is 5.73. The van der Waals surface area contributed by atoms with E-state index in [0.29, 0.717) is 19.3 Å². The van der Waals surface area contributed by atoms with E-state index in [1.807, 2.05) is 13.8 Å². The highest BCUT2D eigenvalue weighted by atomic mass is 16.5. The average Bonchev–Trinajstić information content (AvgIpc) is 2.15. The molecule has 1 aliphatic rings. The number of carboxylic acids is 1. The van der Waals surface area contributed by atoms with Crippen molar-refractivity contribution in [3.05, 3.63) is 0 Å². The zero-order valence-electron chi connectivity index (χ0n) is 11.2. The summed E-state index contributed by atoms with van der Waals surface area (Å²) in [6.45, 7) is 7.37. The van der Waals surface area contributed by atoms with Crippen LogP contribution in [-0.2, 0) is 9.53 Å². The van der Waals surface area contributed by atoms with E-state index in [4.69, 9.17) is 4.74 Å². The molecular weight excluding hydrogens is 220 g/mol. The van der Waals surface area contributed by atoms with Crippen LogP contribution >= 0.6 is 0 Å². The highest BCUT2D eigenvalue weighted by Crippen LogP contribution is 2.41. The number of rotatable bonds is 4. The van der Waals surface area contributed by atoms with Gasteiger partial charge < -0.3 is 19.7 Å². The third-order valence-electron chi connectivity index (χ3n) is 3.82. The van der Waals surface area contributed by atoms with Crippen molar-refractivity contribution in [3.63, 3.8) is 0 Å². The van der Waals surface area contributed by atoms with Crippen LogP contribution in [0.5, 0.6) is 0 Å². The first-order valence-corrected chi connectivity index (χ1v) is 6.32. The highest BCUT2D eigenvalue weighted by molar-refractivity contribution is 5.69. The third-order valence-corrected chi connectivity index (χ3v) is 3.82. The molecule has 17 heavy (non-hydrogen) atoms. The molecule has 0 unspecified atom stereocenters. The van der Waals surface area contributed by atoms with Gasteiger partial charge in [-0.25, -0.2) is 0 Å². The van der Waals surface area contributed by atoms with Crippen LogP contribution in [0, 0.1) is 5.92 Å². The first-order chi connectivity index (χ1) is 7.73. The van der Waals surface area contributed by atoms with E-state index in [9.17, 15) is 15.0 Å². The lowest BCUT2D eigenvalue weighted by molar-refractivity contribution is -0.327. The van der Waals surface area contributed by atoms with Gasteiger partial charge in [-0.2, -0.15) is 0 Å². The second kappa shape index (κ2) is 4.94. The van der Waals surface area contributed by atoms with Crippen LogP contribution in [0.15, 0.2) is 0 Å². The molecule has 0 bridgehead atoms. The van der Waals surface area contributed by atoms with Crippen molar-refractivity contribution < 1.29 is 19.7 Å². The molecule has 100 valence electrons. The van der Waals surface area contributed by atoms with Crippen LogP contribution in [0.1, 0.15) is 53.4 Å². The molecule has 4 nitrogen and oxygen atoms in total. The maximum Gasteiger partial charge on any atom is 0.0919 e. The molecule has 0 saturated carbocycles. The van der Waals surface area contributed by atoms with Gasteiger partial charge in [0.05, 0.1) is 17.3 Å². The Bertz CT molecular complexity index is 287. The summed E-state index contributed by atoms with van der Waals surface area (Å²) in [6, 6.07) is 0. The van der Waals surface area contributed by atoms with Gasteiger partial charge in [-0.15, -0.1) is 0 Å². The third kappa shape index (κ3) is 2.99. The van der Waals surface area contributed by atoms with Crippen LogP contribution in [-0.4, -0.2) is 28.4 Å². The summed E-state index contributed by atoms with van der Waals surface area (Å²) in [5.41, 5.74) is -1.44. The molecule has 1 rings (SSSR count). The average molecular weight is 243 g/mol. The molecule has 0 spiro atoms. The minimum atomic E-state index is -1.07. The molecule has 0 aromatic rings. The van der Waals surface area contributed by atoms with Crippen LogP contribution in [0.25, 0.3) is 0 Å². The summed E-state index contributed by atoms with van der Waals surface area (Å²) < 4.78 is 5.88. The zero-order valence-corrected chi connectivity index (χ0v) is 11.2. The quantitative estimate of drug-likeness (QED) is 0.795. The zero-order chi connectivity index (χ0) is 13.3. The Hall–Kier alpha value is -0.610. The Morgan fingerprint density at radius 3 is 2.53 bits per heavy atom. The number of carbonyl (C=O) groups excluding carboxylic acids is 1. The number of aliphatic carboxylic acids is 1. The number of aliphatic hydroxyl groups is 1. The van der Waals surface area contributed by atoms with E-state index in [-0.39, 0.29) is 0 Å². The van der Waals surface area contributed by atoms with Crippen molar-refractivity contribution in [3.8, 4) is 0 Å². The molecule has 1 fully saturated rings. The lowest BCUT2D eigenvalue weighted by Gasteiger charge is -2.50. The van der Waals surface area contributed by atoms with Gasteiger partial charge >= 0.3 is 0 Å². The lowest BCUT2D eigenvalue weighted by atomic mass is 9.76. The van der Waals surface area contributed by atoms with Crippen molar-refractivity contribution in [2.75, 3.05) is 0 Å². The van der Waals surface area contributed by atoms with Gasteiger partial charge in [0.2, 0.25) is 0 Å². The standard InChI is InChI=1S/C13H24O4/c1-5-6-10(14)13(4)8-7-9(11(15)16)12(2,3)17-13/h9-10,14H,5-8H2,1-4H3,(H,15,16)/p-1/t9-,10+,13-/m1/s1. The summed E-state index contributed by atoms with van der Waals surface area (Å²) in [5.74, 6) is -1.67. The van der Waals surface area contributed by atoms with Gasteiger partial charge in [0.1, 0.15) is 0 Å². The normalized spacial score (nSPS) is 34.3. The molecule has 3 atom stereocenters. The molecule has 0 amide bonds. The number of ether oxygens (including phenoxy) is 1.